The SMILES string of the molecule is C#C/C=c1\c(=C/C)n(-c2cccc3c2B2c4ccccc4Oc4cc(S(c5ccccc5)(c5ccccc5)n5c6ccccc6c6ccccc65)cc(c42)O3)c2ccccc12. The molecule has 12 rings (SSSR count). The van der Waals surface area contributed by atoms with Crippen molar-refractivity contribution < 1.29 is 9.47 Å². The van der Waals surface area contributed by atoms with Crippen LogP contribution in [0.1, 0.15) is 6.92 Å². The lowest BCUT2D eigenvalue weighted by atomic mass is 9.34. The van der Waals surface area contributed by atoms with E-state index in [1.54, 1.807) is 0 Å². The predicted molar refractivity (Wildman–Crippen MR) is 254 cm³/mol. The van der Waals surface area contributed by atoms with Crippen LogP contribution in [0, 0.1) is 12.3 Å². The minimum absolute atomic E-state index is 0.180. The Morgan fingerprint density at radius 3 is 1.70 bits per heavy atom. The Hall–Kier alpha value is -7.59. The molecule has 8 aromatic carbocycles. The lowest BCUT2D eigenvalue weighted by molar-refractivity contribution is 0.462. The zero-order valence-corrected chi connectivity index (χ0v) is 34.1. The number of para-hydroxylation sites is 4. The summed E-state index contributed by atoms with van der Waals surface area (Å²) in [5, 5.41) is 5.60. The van der Waals surface area contributed by atoms with Gasteiger partial charge in [0.05, 0.1) is 21.9 Å². The Balaban J connectivity index is 1.19. The molecular weight excluding hydrogens is 763 g/mol. The highest BCUT2D eigenvalue weighted by atomic mass is 32.3. The Morgan fingerprint density at radius 2 is 1.07 bits per heavy atom. The quantitative estimate of drug-likeness (QED) is 0.128. The molecular formula is C55H37BN2O2S. The number of benzene rings is 8. The number of ether oxygens (including phenoxy) is 2. The third-order valence-corrected chi connectivity index (χ3v) is 16.1. The molecule has 0 amide bonds. The molecule has 4 nitrogen and oxygen atoms in total. The normalized spacial score (nSPS) is 13.7. The van der Waals surface area contributed by atoms with Crippen LogP contribution in [0.2, 0.25) is 0 Å². The minimum Gasteiger partial charge on any atom is -0.458 e. The van der Waals surface area contributed by atoms with Gasteiger partial charge in [0.25, 0.3) is 6.71 Å². The third-order valence-electron chi connectivity index (χ3n) is 12.4. The molecule has 0 spiro atoms. The molecule has 2 aliphatic rings. The van der Waals surface area contributed by atoms with Gasteiger partial charge in [0.15, 0.2) is 0 Å². The fourth-order valence-corrected chi connectivity index (χ4v) is 14.0. The molecule has 288 valence electrons. The van der Waals surface area contributed by atoms with Crippen molar-refractivity contribution in [3.05, 3.63) is 199 Å². The first-order valence-electron chi connectivity index (χ1n) is 20.6. The van der Waals surface area contributed by atoms with Crippen molar-refractivity contribution in [1.29, 1.82) is 0 Å². The molecule has 10 aromatic rings. The number of fused-ring (bicyclic) bond motifs is 8. The molecule has 0 bridgehead atoms. The van der Waals surface area contributed by atoms with Gasteiger partial charge in [0.1, 0.15) is 23.0 Å². The summed E-state index contributed by atoms with van der Waals surface area (Å²) in [6.07, 6.45) is 9.98. The third kappa shape index (κ3) is 4.99. The second kappa shape index (κ2) is 13.7. The summed E-state index contributed by atoms with van der Waals surface area (Å²) < 4.78 is 19.4. The van der Waals surface area contributed by atoms with Gasteiger partial charge in [-0.1, -0.05) is 137 Å². The van der Waals surface area contributed by atoms with Crippen LogP contribution in [-0.4, -0.2) is 15.3 Å². The molecule has 2 aromatic heterocycles. The van der Waals surface area contributed by atoms with Gasteiger partial charge in [0.2, 0.25) is 0 Å². The highest BCUT2D eigenvalue weighted by molar-refractivity contribution is 8.32. The van der Waals surface area contributed by atoms with Crippen molar-refractivity contribution in [3.8, 4) is 41.0 Å². The van der Waals surface area contributed by atoms with Crippen LogP contribution in [-0.2, 0) is 0 Å². The topological polar surface area (TPSA) is 28.3 Å². The Bertz CT molecular complexity index is 3470. The maximum Gasteiger partial charge on any atom is 0.263 e. The van der Waals surface area contributed by atoms with Gasteiger partial charge in [-0.05, 0) is 96.7 Å². The van der Waals surface area contributed by atoms with Crippen molar-refractivity contribution in [1.82, 2.24) is 8.54 Å². The summed E-state index contributed by atoms with van der Waals surface area (Å²) >= 11 is 0. The molecule has 0 N–H and O–H groups in total. The number of hydrogen-bond donors (Lipinski definition) is 0. The second-order valence-corrected chi connectivity index (χ2v) is 18.4. The average Bonchev–Trinajstić information content (AvgIpc) is 3.82. The maximum absolute atomic E-state index is 7.30. The smallest absolute Gasteiger partial charge is 0.263 e. The number of terminal acetylenes is 1. The number of rotatable bonds is 5. The molecule has 6 heteroatoms. The van der Waals surface area contributed by atoms with Gasteiger partial charge in [-0.2, -0.15) is 0 Å². The van der Waals surface area contributed by atoms with E-state index in [-0.39, 0.29) is 6.71 Å². The van der Waals surface area contributed by atoms with E-state index in [0.717, 1.165) is 71.4 Å². The first-order valence-corrected chi connectivity index (χ1v) is 22.2. The molecule has 0 radical (unpaired) electrons. The Labute approximate surface area is 355 Å². The molecule has 61 heavy (non-hydrogen) atoms. The van der Waals surface area contributed by atoms with Crippen LogP contribution in [0.4, 0.5) is 0 Å². The van der Waals surface area contributed by atoms with E-state index < -0.39 is 10.2 Å². The van der Waals surface area contributed by atoms with Crippen molar-refractivity contribution >= 4 is 78.2 Å². The van der Waals surface area contributed by atoms with Crippen LogP contribution in [0.5, 0.6) is 23.0 Å². The molecule has 0 saturated carbocycles. The minimum atomic E-state index is -2.29. The molecule has 0 atom stereocenters. The van der Waals surface area contributed by atoms with Gasteiger partial charge in [-0.25, -0.2) is 0 Å². The molecule has 0 fully saturated rings. The first-order chi connectivity index (χ1) is 30.2. The van der Waals surface area contributed by atoms with Crippen LogP contribution >= 0.6 is 10.2 Å². The van der Waals surface area contributed by atoms with E-state index in [4.69, 9.17) is 15.9 Å². The highest BCUT2D eigenvalue weighted by Crippen LogP contribution is 2.71. The van der Waals surface area contributed by atoms with E-state index in [1.165, 1.54) is 31.6 Å². The lowest BCUT2D eigenvalue weighted by Gasteiger charge is -2.45. The van der Waals surface area contributed by atoms with Crippen LogP contribution in [0.25, 0.3) is 50.5 Å². The largest absolute Gasteiger partial charge is 0.458 e. The zero-order chi connectivity index (χ0) is 40.7. The van der Waals surface area contributed by atoms with Crippen LogP contribution in [0.3, 0.4) is 0 Å². The van der Waals surface area contributed by atoms with Crippen molar-refractivity contribution in [3.63, 3.8) is 0 Å². The van der Waals surface area contributed by atoms with Gasteiger partial charge >= 0.3 is 0 Å². The predicted octanol–water partition coefficient (Wildman–Crippen LogP) is 10.4. The van der Waals surface area contributed by atoms with Gasteiger partial charge in [-0.3, -0.25) is 3.97 Å². The lowest BCUT2D eigenvalue weighted by Crippen LogP contribution is -2.58. The van der Waals surface area contributed by atoms with E-state index in [2.05, 4.69) is 216 Å². The second-order valence-electron chi connectivity index (χ2n) is 15.5. The molecule has 0 unspecified atom stereocenters. The van der Waals surface area contributed by atoms with Crippen LogP contribution < -0.4 is 36.4 Å². The van der Waals surface area contributed by atoms with Gasteiger partial charge < -0.3 is 14.0 Å². The summed E-state index contributed by atoms with van der Waals surface area (Å²) in [6.45, 7) is 1.90. The van der Waals surface area contributed by atoms with Crippen LogP contribution in [0.15, 0.2) is 203 Å². The van der Waals surface area contributed by atoms with E-state index >= 15 is 0 Å². The number of hydrogen-bond acceptors (Lipinski definition) is 2. The summed E-state index contributed by atoms with van der Waals surface area (Å²) in [5.41, 5.74) is 7.67. The molecule has 4 heterocycles. The van der Waals surface area contributed by atoms with Gasteiger partial charge in [-0.15, -0.1) is 6.42 Å². The summed E-state index contributed by atoms with van der Waals surface area (Å²) in [6, 6.07) is 67.6. The summed E-state index contributed by atoms with van der Waals surface area (Å²) in [7, 11) is -2.29. The molecule has 2 aliphatic heterocycles. The highest BCUT2D eigenvalue weighted by Gasteiger charge is 2.45. The maximum atomic E-state index is 7.30. The van der Waals surface area contributed by atoms with Gasteiger partial charge in [0, 0.05) is 47.2 Å². The van der Waals surface area contributed by atoms with Crippen molar-refractivity contribution in [2.75, 3.05) is 0 Å². The summed E-state index contributed by atoms with van der Waals surface area (Å²) in [5.74, 6) is 6.05. The standard InChI is InChI=1S/C55H37BN2O2S/c1-3-20-40-41-25-11-15-29-46(41)57(45(40)4-2)49-32-19-34-51-54(49)56-44-28-14-18-33-50(44)59-52-35-39(36-53(60-51)55(52)56)61(37-21-7-5-8-22-37,38-23-9-6-10-24-38)58-47-30-16-12-26-42(47)43-27-13-17-31-48(43)58/h1,4-36H,2H3/b40-20-,45-4+. The first kappa shape index (κ1) is 35.4. The van der Waals surface area contributed by atoms with Crippen molar-refractivity contribution in [2.45, 2.75) is 21.6 Å². The monoisotopic (exact) mass is 800 g/mol. The fourth-order valence-electron chi connectivity index (χ4n) is 10.0. The zero-order valence-electron chi connectivity index (χ0n) is 33.3. The average molecular weight is 801 g/mol. The van der Waals surface area contributed by atoms with E-state index in [0.29, 0.717) is 0 Å². The Morgan fingerprint density at radius 1 is 0.525 bits per heavy atom. The fraction of sp³-hybridized carbons (Fsp3) is 0.0182. The van der Waals surface area contributed by atoms with Crippen molar-refractivity contribution in [2.24, 2.45) is 0 Å². The number of aromatic nitrogens is 2. The van der Waals surface area contributed by atoms with E-state index in [1.807, 2.05) is 6.08 Å². The molecule has 0 aliphatic carbocycles. The summed E-state index contributed by atoms with van der Waals surface area (Å²) in [4.78, 5) is 3.51. The Kier molecular flexibility index (Phi) is 7.97. The number of nitrogens with zero attached hydrogens (tertiary/aromatic N) is 2. The molecule has 0 saturated heterocycles. The van der Waals surface area contributed by atoms with E-state index in [9.17, 15) is 0 Å².